The standard InChI is InChI=1S/C15H26N4O/c1-4-12-10-18(7-5-13(12)16)14-15(20)19(8-6-17-14)9-11(2)3/h6,8,11-13H,4-5,7,9-10,16H2,1-3H3. The van der Waals surface area contributed by atoms with Gasteiger partial charge in [0, 0.05) is 38.1 Å². The van der Waals surface area contributed by atoms with Crippen molar-refractivity contribution in [2.45, 2.75) is 46.2 Å². The summed E-state index contributed by atoms with van der Waals surface area (Å²) in [7, 11) is 0. The van der Waals surface area contributed by atoms with Crippen LogP contribution in [-0.2, 0) is 6.54 Å². The molecule has 112 valence electrons. The fourth-order valence-electron chi connectivity index (χ4n) is 2.86. The normalized spacial score (nSPS) is 23.4. The zero-order valence-corrected chi connectivity index (χ0v) is 12.7. The molecule has 1 saturated heterocycles. The number of nitrogens with zero attached hydrogens (tertiary/aromatic N) is 3. The smallest absolute Gasteiger partial charge is 0.293 e. The minimum absolute atomic E-state index is 0.0199. The molecule has 1 aromatic heterocycles. The maximum Gasteiger partial charge on any atom is 0.293 e. The van der Waals surface area contributed by atoms with Gasteiger partial charge in [-0.3, -0.25) is 4.79 Å². The Kier molecular flexibility index (Phi) is 4.81. The van der Waals surface area contributed by atoms with Crippen LogP contribution < -0.4 is 16.2 Å². The van der Waals surface area contributed by atoms with E-state index >= 15 is 0 Å². The second-order valence-corrected chi connectivity index (χ2v) is 6.17. The second kappa shape index (κ2) is 6.39. The van der Waals surface area contributed by atoms with Crippen molar-refractivity contribution in [2.75, 3.05) is 18.0 Å². The lowest BCUT2D eigenvalue weighted by Crippen LogP contribution is -2.49. The summed E-state index contributed by atoms with van der Waals surface area (Å²) in [6.07, 6.45) is 5.48. The molecule has 1 aromatic rings. The largest absolute Gasteiger partial charge is 0.352 e. The van der Waals surface area contributed by atoms with Crippen molar-refractivity contribution >= 4 is 5.82 Å². The number of aromatic nitrogens is 2. The summed E-state index contributed by atoms with van der Waals surface area (Å²) >= 11 is 0. The fraction of sp³-hybridized carbons (Fsp3) is 0.733. The van der Waals surface area contributed by atoms with E-state index in [4.69, 9.17) is 5.73 Å². The molecule has 20 heavy (non-hydrogen) atoms. The summed E-state index contributed by atoms with van der Waals surface area (Å²) in [5.74, 6) is 1.48. The molecule has 2 unspecified atom stereocenters. The van der Waals surface area contributed by atoms with Gasteiger partial charge in [0.15, 0.2) is 5.82 Å². The Morgan fingerprint density at radius 3 is 2.90 bits per heavy atom. The van der Waals surface area contributed by atoms with Crippen LogP contribution in [0.25, 0.3) is 0 Å². The third-order valence-electron chi connectivity index (χ3n) is 4.07. The average Bonchev–Trinajstić information content (AvgIpc) is 2.41. The Balaban J connectivity index is 2.22. The van der Waals surface area contributed by atoms with E-state index in [0.29, 0.717) is 17.7 Å². The first-order valence-corrected chi connectivity index (χ1v) is 7.58. The van der Waals surface area contributed by atoms with E-state index in [9.17, 15) is 4.79 Å². The lowest BCUT2D eigenvalue weighted by molar-refractivity contribution is 0.345. The maximum absolute atomic E-state index is 12.5. The van der Waals surface area contributed by atoms with Gasteiger partial charge in [-0.1, -0.05) is 27.2 Å². The molecule has 5 heteroatoms. The summed E-state index contributed by atoms with van der Waals surface area (Å²) in [6.45, 7) is 8.78. The van der Waals surface area contributed by atoms with Crippen LogP contribution in [0.1, 0.15) is 33.6 Å². The van der Waals surface area contributed by atoms with Crippen LogP contribution in [0.4, 0.5) is 5.82 Å². The van der Waals surface area contributed by atoms with Gasteiger partial charge in [-0.25, -0.2) is 4.98 Å². The first kappa shape index (κ1) is 15.0. The minimum atomic E-state index is 0.0199. The SMILES string of the molecule is CCC1CN(c2nccn(CC(C)C)c2=O)CCC1N. The van der Waals surface area contributed by atoms with Gasteiger partial charge in [0.1, 0.15) is 0 Å². The van der Waals surface area contributed by atoms with Gasteiger partial charge in [-0.15, -0.1) is 0 Å². The highest BCUT2D eigenvalue weighted by Crippen LogP contribution is 2.21. The minimum Gasteiger partial charge on any atom is -0.352 e. The van der Waals surface area contributed by atoms with Gasteiger partial charge in [0.25, 0.3) is 5.56 Å². The van der Waals surface area contributed by atoms with E-state index in [1.165, 1.54) is 0 Å². The van der Waals surface area contributed by atoms with Gasteiger partial charge in [0.2, 0.25) is 0 Å². The van der Waals surface area contributed by atoms with Gasteiger partial charge >= 0.3 is 0 Å². The predicted octanol–water partition coefficient (Wildman–Crippen LogP) is 1.46. The van der Waals surface area contributed by atoms with Gasteiger partial charge in [-0.05, 0) is 18.3 Å². The molecule has 1 aliphatic rings. The van der Waals surface area contributed by atoms with Gasteiger partial charge < -0.3 is 15.2 Å². The number of hydrogen-bond donors (Lipinski definition) is 1. The maximum atomic E-state index is 12.5. The molecule has 5 nitrogen and oxygen atoms in total. The molecular weight excluding hydrogens is 252 g/mol. The third kappa shape index (κ3) is 3.20. The Labute approximate surface area is 120 Å². The second-order valence-electron chi connectivity index (χ2n) is 6.17. The predicted molar refractivity (Wildman–Crippen MR) is 81.9 cm³/mol. The molecule has 2 N–H and O–H groups in total. The summed E-state index contributed by atoms with van der Waals surface area (Å²) in [5.41, 5.74) is 6.15. The zero-order chi connectivity index (χ0) is 14.7. The van der Waals surface area contributed by atoms with Gasteiger partial charge in [0.05, 0.1) is 0 Å². The Hall–Kier alpha value is -1.36. The average molecular weight is 278 g/mol. The van der Waals surface area contributed by atoms with E-state index in [1.54, 1.807) is 17.0 Å². The topological polar surface area (TPSA) is 64.2 Å². The first-order chi connectivity index (χ1) is 9.52. The highest BCUT2D eigenvalue weighted by Gasteiger charge is 2.27. The fourth-order valence-corrected chi connectivity index (χ4v) is 2.86. The number of nitrogens with two attached hydrogens (primary N) is 1. The monoisotopic (exact) mass is 278 g/mol. The van der Waals surface area contributed by atoms with Crippen LogP contribution in [0.2, 0.25) is 0 Å². The Bertz CT molecular complexity index is 497. The van der Waals surface area contributed by atoms with Crippen molar-refractivity contribution in [1.29, 1.82) is 0 Å². The van der Waals surface area contributed by atoms with E-state index in [-0.39, 0.29) is 11.6 Å². The summed E-state index contributed by atoms with van der Waals surface area (Å²) in [4.78, 5) is 18.9. The van der Waals surface area contributed by atoms with Crippen LogP contribution in [-0.4, -0.2) is 28.7 Å². The molecule has 0 radical (unpaired) electrons. The van der Waals surface area contributed by atoms with E-state index in [2.05, 4.69) is 30.7 Å². The lowest BCUT2D eigenvalue weighted by Gasteiger charge is -2.36. The third-order valence-corrected chi connectivity index (χ3v) is 4.07. The number of hydrogen-bond acceptors (Lipinski definition) is 4. The molecule has 0 amide bonds. The van der Waals surface area contributed by atoms with Crippen LogP contribution in [0.15, 0.2) is 17.2 Å². The molecule has 0 aliphatic carbocycles. The van der Waals surface area contributed by atoms with Crippen molar-refractivity contribution in [3.05, 3.63) is 22.7 Å². The van der Waals surface area contributed by atoms with Crippen molar-refractivity contribution in [1.82, 2.24) is 9.55 Å². The quantitative estimate of drug-likeness (QED) is 0.905. The molecule has 0 spiro atoms. The zero-order valence-electron chi connectivity index (χ0n) is 12.7. The number of piperidine rings is 1. The van der Waals surface area contributed by atoms with Crippen LogP contribution in [0, 0.1) is 11.8 Å². The van der Waals surface area contributed by atoms with Crippen molar-refractivity contribution < 1.29 is 0 Å². The Morgan fingerprint density at radius 1 is 1.50 bits per heavy atom. The highest BCUT2D eigenvalue weighted by molar-refractivity contribution is 5.36. The van der Waals surface area contributed by atoms with E-state index in [1.807, 2.05) is 0 Å². The molecule has 0 aromatic carbocycles. The summed E-state index contributed by atoms with van der Waals surface area (Å²) in [6, 6.07) is 0.248. The number of anilines is 1. The Morgan fingerprint density at radius 2 is 2.25 bits per heavy atom. The lowest BCUT2D eigenvalue weighted by atomic mass is 9.91. The molecular formula is C15H26N4O. The molecule has 2 heterocycles. The summed E-state index contributed by atoms with van der Waals surface area (Å²) < 4.78 is 1.77. The van der Waals surface area contributed by atoms with Crippen molar-refractivity contribution in [3.8, 4) is 0 Å². The van der Waals surface area contributed by atoms with Gasteiger partial charge in [-0.2, -0.15) is 0 Å². The van der Waals surface area contributed by atoms with E-state index < -0.39 is 0 Å². The molecule has 0 bridgehead atoms. The molecule has 1 fully saturated rings. The first-order valence-electron chi connectivity index (χ1n) is 7.58. The van der Waals surface area contributed by atoms with E-state index in [0.717, 1.165) is 32.5 Å². The molecule has 1 aliphatic heterocycles. The highest BCUT2D eigenvalue weighted by atomic mass is 16.1. The van der Waals surface area contributed by atoms with Crippen molar-refractivity contribution in [2.24, 2.45) is 17.6 Å². The molecule has 2 atom stereocenters. The van der Waals surface area contributed by atoms with Crippen LogP contribution >= 0.6 is 0 Å². The van der Waals surface area contributed by atoms with Crippen LogP contribution in [0.3, 0.4) is 0 Å². The van der Waals surface area contributed by atoms with Crippen LogP contribution in [0.5, 0.6) is 0 Å². The molecule has 0 saturated carbocycles. The van der Waals surface area contributed by atoms with Crippen molar-refractivity contribution in [3.63, 3.8) is 0 Å². The molecule has 2 rings (SSSR count). The summed E-state index contributed by atoms with van der Waals surface area (Å²) in [5, 5.41) is 0. The number of rotatable bonds is 4.